The molecule has 1 heterocycles. The van der Waals surface area contributed by atoms with E-state index in [1.807, 2.05) is 85.8 Å². The van der Waals surface area contributed by atoms with Crippen LogP contribution in [0.25, 0.3) is 60.8 Å². The number of carboxylic acid groups (broad SMARTS) is 3. The number of carbonyl (C=O) groups excluding carboxylic acids is 2. The monoisotopic (exact) mass is 1600 g/mol. The molecule has 0 amide bonds. The molecule has 1 aliphatic rings. The van der Waals surface area contributed by atoms with Crippen molar-refractivity contribution in [1.82, 2.24) is 0 Å². The van der Waals surface area contributed by atoms with E-state index < -0.39 is 67.2 Å². The van der Waals surface area contributed by atoms with Gasteiger partial charge in [0.25, 0.3) is 0 Å². The molecule has 5 unspecified atom stereocenters. The molecule has 10 aromatic carbocycles. The Labute approximate surface area is 673 Å². The molecule has 13 N–H and O–H groups in total. The van der Waals surface area contributed by atoms with Crippen LogP contribution in [-0.4, -0.2) is 182 Å². The zero-order valence-electron chi connectivity index (χ0n) is 64.4. The summed E-state index contributed by atoms with van der Waals surface area (Å²) in [6, 6.07) is 55.1. The lowest BCUT2D eigenvalue weighted by Gasteiger charge is -2.39. The normalized spacial score (nSPS) is 14.7. The molecule has 11 rings (SSSR count). The van der Waals surface area contributed by atoms with Crippen LogP contribution in [0.1, 0.15) is 121 Å². The maximum atomic E-state index is 12.0. The van der Waals surface area contributed by atoms with Gasteiger partial charge in [0.15, 0.2) is 11.5 Å². The molecule has 27 heteroatoms. The van der Waals surface area contributed by atoms with Crippen LogP contribution >= 0.6 is 0 Å². The number of aromatic carboxylic acids is 3. The largest absolute Gasteiger partial charge is 0.508 e. The van der Waals surface area contributed by atoms with E-state index in [0.717, 1.165) is 33.8 Å². The minimum Gasteiger partial charge on any atom is -0.508 e. The third kappa shape index (κ3) is 25.6. The van der Waals surface area contributed by atoms with Gasteiger partial charge in [0.1, 0.15) is 104 Å². The molecule has 0 radical (unpaired) electrons. The highest BCUT2D eigenvalue weighted by molar-refractivity contribution is 6.00. The zero-order chi connectivity index (χ0) is 85.3. The van der Waals surface area contributed by atoms with Crippen molar-refractivity contribution in [3.8, 4) is 69.0 Å². The third-order valence-corrected chi connectivity index (χ3v) is 17.0. The number of methoxy groups -OCH3 is 5. The van der Waals surface area contributed by atoms with Crippen molar-refractivity contribution in [3.05, 3.63) is 284 Å². The van der Waals surface area contributed by atoms with Crippen LogP contribution in [0.4, 0.5) is 0 Å². The van der Waals surface area contributed by atoms with E-state index in [4.69, 9.17) is 52.8 Å². The summed E-state index contributed by atoms with van der Waals surface area (Å²) >= 11 is 0. The molecule has 10 aromatic rings. The van der Waals surface area contributed by atoms with Crippen molar-refractivity contribution in [2.45, 2.75) is 44.6 Å². The van der Waals surface area contributed by atoms with Gasteiger partial charge in [0.2, 0.25) is 12.0 Å². The van der Waals surface area contributed by atoms with Crippen LogP contribution in [0.2, 0.25) is 0 Å². The number of aliphatic hydroxyl groups is 4. The fourth-order valence-corrected chi connectivity index (χ4v) is 11.1. The number of carboxylic acids is 3. The minimum atomic E-state index is -1.53. The van der Waals surface area contributed by atoms with E-state index in [1.165, 1.54) is 52.7 Å². The van der Waals surface area contributed by atoms with Crippen LogP contribution in [0.3, 0.4) is 0 Å². The molecular weight excluding hydrogens is 1510 g/mol. The third-order valence-electron chi connectivity index (χ3n) is 17.0. The molecule has 1 aliphatic heterocycles. The molecule has 1 fully saturated rings. The van der Waals surface area contributed by atoms with Crippen LogP contribution in [-0.2, 0) is 14.2 Å². The lowest BCUT2D eigenvalue weighted by Crippen LogP contribution is -2.60. The highest BCUT2D eigenvalue weighted by atomic mass is 16.7. The van der Waals surface area contributed by atoms with Crippen molar-refractivity contribution in [2.24, 2.45) is 0 Å². The number of rotatable bonds is 25. The minimum absolute atomic E-state index is 0.0858. The summed E-state index contributed by atoms with van der Waals surface area (Å²) in [5, 5.41) is 124. The average Bonchev–Trinajstić information content (AvgIpc) is 0.826. The molecule has 0 aromatic heterocycles. The van der Waals surface area contributed by atoms with Crippen LogP contribution in [0.5, 0.6) is 69.0 Å². The fraction of sp³-hybridized carbons (Fsp3) is 0.167. The molecule has 1 saturated heterocycles. The van der Waals surface area contributed by atoms with E-state index >= 15 is 0 Å². The number of carbonyl (C=O) groups is 5. The van der Waals surface area contributed by atoms with Gasteiger partial charge < -0.3 is 109 Å². The van der Waals surface area contributed by atoms with E-state index in [0.29, 0.717) is 57.1 Å². The maximum absolute atomic E-state index is 12.0. The number of phenols is 6. The molecule has 0 spiro atoms. The second-order valence-corrected chi connectivity index (χ2v) is 24.7. The number of ether oxygens (including phenoxy) is 9. The lowest BCUT2D eigenvalue weighted by atomic mass is 9.99. The van der Waals surface area contributed by atoms with Gasteiger partial charge in [-0.05, 0) is 160 Å². The molecule has 5 atom stereocenters. The fourth-order valence-electron chi connectivity index (χ4n) is 11.1. The predicted octanol–water partition coefficient (Wildman–Crippen LogP) is 14.2. The summed E-state index contributed by atoms with van der Waals surface area (Å²) in [6.07, 6.45) is 10.3. The van der Waals surface area contributed by atoms with E-state index in [1.54, 1.807) is 172 Å². The first-order valence-corrected chi connectivity index (χ1v) is 35.7. The smallest absolute Gasteiger partial charge is 0.342 e. The average molecular weight is 1600 g/mol. The van der Waals surface area contributed by atoms with Gasteiger partial charge in [-0.25, -0.2) is 24.0 Å². The quantitative estimate of drug-likeness (QED) is 0.0187. The molecule has 27 nitrogen and oxygen atoms in total. The summed E-state index contributed by atoms with van der Waals surface area (Å²) in [7, 11) is 7.34. The van der Waals surface area contributed by atoms with Gasteiger partial charge in [-0.1, -0.05) is 170 Å². The Bertz CT molecular complexity index is 5120. The SMILES string of the molecule is CCOC(=O)c1c(O)cccc1/C=C/c1ccc(OCC)cc1.COC(=O)c1c(/C=C/c2ccc(OC)cc2)cccc1OC.COc1cc(/C=C/c2cccc(O)c2C(=O)O)cc(OC)c1O.O=C(O)c1c(O)cccc1/C=C/c1ccc(O)cc1.O=C(O)c1c(O)cccc1/C=C/c1ccc(OC2OC(CO)C(O)C(O)C2O)cc1. The number of aromatic hydroxyl groups is 6. The van der Waals surface area contributed by atoms with Gasteiger partial charge in [-0.15, -0.1) is 0 Å². The van der Waals surface area contributed by atoms with Crippen molar-refractivity contribution in [1.29, 1.82) is 0 Å². The summed E-state index contributed by atoms with van der Waals surface area (Å²) in [5.74, 6) is -2.64. The Kier molecular flexibility index (Phi) is 34.4. The van der Waals surface area contributed by atoms with Gasteiger partial charge in [0, 0.05) is 0 Å². The molecule has 0 saturated carbocycles. The Hall–Kier alpha value is -14.4. The second kappa shape index (κ2) is 44.8. The second-order valence-electron chi connectivity index (χ2n) is 24.7. The lowest BCUT2D eigenvalue weighted by molar-refractivity contribution is -0.277. The zero-order valence-corrected chi connectivity index (χ0v) is 64.4. The number of aliphatic hydroxyl groups excluding tert-OH is 4. The Balaban J connectivity index is 0.000000204. The van der Waals surface area contributed by atoms with Crippen LogP contribution < -0.4 is 28.4 Å². The number of hydrogen-bond donors (Lipinski definition) is 13. The van der Waals surface area contributed by atoms with Gasteiger partial charge in [0.05, 0.1) is 55.4 Å². The maximum Gasteiger partial charge on any atom is 0.342 e. The van der Waals surface area contributed by atoms with E-state index in [9.17, 15) is 80.1 Å². The summed E-state index contributed by atoms with van der Waals surface area (Å²) in [6.45, 7) is 4.00. The molecular formula is C90H88O27. The first-order valence-electron chi connectivity index (χ1n) is 35.7. The highest BCUT2D eigenvalue weighted by Crippen LogP contribution is 2.38. The van der Waals surface area contributed by atoms with Crippen LogP contribution in [0, 0.1) is 0 Å². The predicted molar refractivity (Wildman–Crippen MR) is 439 cm³/mol. The first-order chi connectivity index (χ1) is 56.2. The van der Waals surface area contributed by atoms with Gasteiger partial charge in [-0.3, -0.25) is 0 Å². The first kappa shape index (κ1) is 89.8. The summed E-state index contributed by atoms with van der Waals surface area (Å²) in [4.78, 5) is 57.6. The molecule has 117 heavy (non-hydrogen) atoms. The Morgan fingerprint density at radius 3 is 1.09 bits per heavy atom. The summed E-state index contributed by atoms with van der Waals surface area (Å²) in [5.41, 5.74) is 6.66. The number of benzene rings is 10. The van der Waals surface area contributed by atoms with Crippen molar-refractivity contribution in [2.75, 3.05) is 55.4 Å². The van der Waals surface area contributed by atoms with Gasteiger partial charge in [-0.2, -0.15) is 0 Å². The topological polar surface area (TPSA) is 431 Å². The van der Waals surface area contributed by atoms with E-state index in [2.05, 4.69) is 0 Å². The number of esters is 2. The standard InChI is InChI=1S/C21H22O9.C19H20O4.C18H18O4.C17H16O6.C15H12O4/c22-10-15-17(24)18(25)19(26)21(30-15)29-13-8-5-11(6-9-13)4-7-12-2-1-3-14(23)16(12)20(27)28;1-3-22-16-12-9-14(10-13-16)8-11-15-6-5-7-17(20)18(15)19(21)23-4-2;1-20-15-11-8-13(9-12-15)7-10-14-5-4-6-16(21-2)17(14)18(19)22-3;1-22-13-8-10(9-14(23-2)16(13)19)6-7-11-4-3-5-12(18)15(11)17(20)21;16-12-8-5-10(6-9-12)4-7-11-2-1-3-13(17)14(11)15(18)19/h1-9,15,17-19,21-26H,10H2,(H,27,28);5-13,20H,3-4H2,1-2H3;4-12H,1-3H3;3-9,18-19H,1-2H3,(H,20,21);1-9,16-17H,(H,18,19)/b7-4+;11-8+;10-7+;7-6+;7-4+. The van der Waals surface area contributed by atoms with Crippen molar-refractivity contribution in [3.63, 3.8) is 0 Å². The molecule has 0 bridgehead atoms. The Morgan fingerprint density at radius 2 is 0.726 bits per heavy atom. The van der Waals surface area contributed by atoms with Gasteiger partial charge >= 0.3 is 29.8 Å². The van der Waals surface area contributed by atoms with Crippen molar-refractivity contribution < 1.29 is 133 Å². The number of phenolic OH excluding ortho intramolecular Hbond substituents is 3. The molecule has 610 valence electrons. The van der Waals surface area contributed by atoms with E-state index in [-0.39, 0.29) is 74.9 Å². The highest BCUT2D eigenvalue weighted by Gasteiger charge is 2.45. The molecule has 0 aliphatic carbocycles. The Morgan fingerprint density at radius 1 is 0.368 bits per heavy atom. The van der Waals surface area contributed by atoms with Crippen molar-refractivity contribution >= 4 is 90.6 Å². The number of hydrogen-bond acceptors (Lipinski definition) is 24. The summed E-state index contributed by atoms with van der Waals surface area (Å²) < 4.78 is 46.5. The van der Waals surface area contributed by atoms with Crippen LogP contribution in [0.15, 0.2) is 200 Å².